The normalized spacial score (nSPS) is 14.6. The first kappa shape index (κ1) is 19.6. The van der Waals surface area contributed by atoms with Crippen LogP contribution in [-0.4, -0.2) is 24.5 Å². The van der Waals surface area contributed by atoms with Crippen LogP contribution in [0.5, 0.6) is 0 Å². The molecule has 1 aromatic heterocycles. The highest BCUT2D eigenvalue weighted by atomic mass is 32.1. The van der Waals surface area contributed by atoms with Gasteiger partial charge in [0.1, 0.15) is 6.04 Å². The van der Waals surface area contributed by atoms with Crippen molar-refractivity contribution in [1.29, 1.82) is 0 Å². The van der Waals surface area contributed by atoms with E-state index in [0.717, 1.165) is 21.0 Å². The highest BCUT2D eigenvalue weighted by Crippen LogP contribution is 2.24. The molecule has 5 heteroatoms. The summed E-state index contributed by atoms with van der Waals surface area (Å²) in [6.45, 7) is 4.58. The average Bonchev–Trinajstić information content (AvgIpc) is 3.16. The number of aromatic nitrogens is 1. The van der Waals surface area contributed by atoms with Crippen molar-refractivity contribution in [1.82, 2.24) is 10.3 Å². The summed E-state index contributed by atoms with van der Waals surface area (Å²) in [6, 6.07) is 22.9. The molecule has 0 spiro atoms. The highest BCUT2D eigenvalue weighted by Gasteiger charge is 2.22. The van der Waals surface area contributed by atoms with E-state index in [-0.39, 0.29) is 18.0 Å². The Morgan fingerprint density at radius 3 is 2.55 bits per heavy atom. The minimum absolute atomic E-state index is 0.0299. The second-order valence-corrected chi connectivity index (χ2v) is 8.72. The van der Waals surface area contributed by atoms with E-state index >= 15 is 0 Å². The number of nitrogens with one attached hydrogen (secondary N) is 2. The van der Waals surface area contributed by atoms with Gasteiger partial charge in [-0.15, -0.1) is 11.3 Å². The van der Waals surface area contributed by atoms with Crippen molar-refractivity contribution in [3.8, 4) is 0 Å². The second-order valence-electron chi connectivity index (χ2n) is 7.66. The van der Waals surface area contributed by atoms with Crippen molar-refractivity contribution in [2.45, 2.75) is 25.9 Å². The van der Waals surface area contributed by atoms with Gasteiger partial charge in [-0.25, -0.2) is 4.98 Å². The number of carbonyl (C=O) groups excluding carboxylic acids is 1. The van der Waals surface area contributed by atoms with Crippen LogP contribution in [0.2, 0.25) is 0 Å². The number of amides is 1. The molecule has 2 N–H and O–H groups in total. The molecular formula is C24H26N3OS+. The summed E-state index contributed by atoms with van der Waals surface area (Å²) in [5, 5.41) is 6.62. The van der Waals surface area contributed by atoms with Crippen LogP contribution in [0.1, 0.15) is 36.5 Å². The maximum atomic E-state index is 12.7. The molecule has 29 heavy (non-hydrogen) atoms. The molecule has 0 aliphatic heterocycles. The lowest BCUT2D eigenvalue weighted by Crippen LogP contribution is -3.10. The molecule has 4 rings (SSSR count). The summed E-state index contributed by atoms with van der Waals surface area (Å²) in [5.41, 5.74) is 2.15. The van der Waals surface area contributed by atoms with Gasteiger partial charge in [0, 0.05) is 0 Å². The van der Waals surface area contributed by atoms with Gasteiger partial charge in [0.2, 0.25) is 0 Å². The number of fused-ring (bicyclic) bond motifs is 2. The smallest absolute Gasteiger partial charge is 0.275 e. The van der Waals surface area contributed by atoms with Gasteiger partial charge in [-0.2, -0.15) is 0 Å². The fourth-order valence-corrected chi connectivity index (χ4v) is 4.66. The van der Waals surface area contributed by atoms with Crippen molar-refractivity contribution in [2.75, 3.05) is 13.6 Å². The Morgan fingerprint density at radius 2 is 1.76 bits per heavy atom. The summed E-state index contributed by atoms with van der Waals surface area (Å²) >= 11 is 1.71. The van der Waals surface area contributed by atoms with E-state index in [1.54, 1.807) is 11.3 Å². The maximum Gasteiger partial charge on any atom is 0.275 e. The second kappa shape index (κ2) is 8.31. The molecule has 1 heterocycles. The number of hydrogen-bond acceptors (Lipinski definition) is 3. The first-order chi connectivity index (χ1) is 14.0. The zero-order valence-corrected chi connectivity index (χ0v) is 17.8. The Morgan fingerprint density at radius 1 is 1.03 bits per heavy atom. The van der Waals surface area contributed by atoms with Gasteiger partial charge in [-0.1, -0.05) is 48.5 Å². The van der Waals surface area contributed by atoms with E-state index in [1.165, 1.54) is 15.5 Å². The molecule has 148 valence electrons. The first-order valence-corrected chi connectivity index (χ1v) is 10.8. The lowest BCUT2D eigenvalue weighted by Gasteiger charge is -2.21. The Hall–Kier alpha value is -2.76. The summed E-state index contributed by atoms with van der Waals surface area (Å²) in [6.07, 6.45) is 0. The van der Waals surface area contributed by atoms with Gasteiger partial charge < -0.3 is 10.2 Å². The minimum atomic E-state index is -0.0299. The Balaban J connectivity index is 1.39. The molecule has 0 bridgehead atoms. The third-order valence-corrected chi connectivity index (χ3v) is 6.73. The van der Waals surface area contributed by atoms with E-state index in [4.69, 9.17) is 4.98 Å². The van der Waals surface area contributed by atoms with Gasteiger partial charge in [0.25, 0.3) is 5.91 Å². The van der Waals surface area contributed by atoms with Crippen molar-refractivity contribution in [3.63, 3.8) is 0 Å². The van der Waals surface area contributed by atoms with E-state index in [2.05, 4.69) is 55.7 Å². The van der Waals surface area contributed by atoms with Gasteiger partial charge in [-0.3, -0.25) is 4.79 Å². The van der Waals surface area contributed by atoms with Crippen LogP contribution in [0.15, 0.2) is 66.7 Å². The van der Waals surface area contributed by atoms with Crippen LogP contribution < -0.4 is 10.2 Å². The molecule has 1 unspecified atom stereocenters. The monoisotopic (exact) mass is 404 g/mol. The predicted octanol–water partition coefficient (Wildman–Crippen LogP) is 3.90. The molecule has 4 aromatic rings. The zero-order chi connectivity index (χ0) is 20.4. The molecule has 0 fully saturated rings. The zero-order valence-electron chi connectivity index (χ0n) is 17.0. The number of likely N-dealkylation sites (N-methyl/N-ethyl adjacent to an activating group) is 1. The number of quaternary nitrogens is 1. The minimum Gasteiger partial charge on any atom is -0.345 e. The average molecular weight is 405 g/mol. The first-order valence-electron chi connectivity index (χ1n) is 9.97. The fraction of sp³-hybridized carbons (Fsp3) is 0.250. The van der Waals surface area contributed by atoms with Crippen LogP contribution in [0, 0.1) is 0 Å². The Bertz CT molecular complexity index is 1120. The number of hydrogen-bond donors (Lipinski definition) is 2. The quantitative estimate of drug-likeness (QED) is 0.512. The largest absolute Gasteiger partial charge is 0.345 e. The van der Waals surface area contributed by atoms with Gasteiger partial charge in [0.15, 0.2) is 11.6 Å². The fourth-order valence-electron chi connectivity index (χ4n) is 3.55. The van der Waals surface area contributed by atoms with E-state index < -0.39 is 0 Å². The number of nitrogens with zero attached hydrogens (tertiary/aromatic N) is 1. The topological polar surface area (TPSA) is 46.4 Å². The number of benzene rings is 3. The highest BCUT2D eigenvalue weighted by molar-refractivity contribution is 7.18. The van der Waals surface area contributed by atoms with Crippen molar-refractivity contribution < 1.29 is 9.69 Å². The maximum absolute atomic E-state index is 12.7. The van der Waals surface area contributed by atoms with Crippen LogP contribution >= 0.6 is 11.3 Å². The lowest BCUT2D eigenvalue weighted by atomic mass is 10.0. The predicted molar refractivity (Wildman–Crippen MR) is 120 cm³/mol. The molecule has 3 atom stereocenters. The molecule has 4 nitrogen and oxygen atoms in total. The third-order valence-electron chi connectivity index (χ3n) is 5.51. The molecule has 0 aliphatic rings. The molecule has 0 aliphatic carbocycles. The molecule has 0 saturated heterocycles. The van der Waals surface area contributed by atoms with E-state index in [1.807, 2.05) is 37.3 Å². The standard InChI is InChI=1S/C24H25N3OS/c1-16(19-13-12-18-8-4-5-9-20(18)14-19)25-23(28)15-27(3)17(2)24-26-21-10-6-7-11-22(21)29-24/h4-14,16-17H,15H2,1-3H3,(H,25,28)/p+1/t16-,17+/m1/s1. The van der Waals surface area contributed by atoms with Gasteiger partial charge in [0.05, 0.1) is 23.3 Å². The SMILES string of the molecule is C[C@@H](NC(=O)C[NH+](C)[C@@H](C)c1nc2ccccc2s1)c1ccc2ccccc2c1. The van der Waals surface area contributed by atoms with Gasteiger partial charge in [-0.05, 0) is 48.4 Å². The van der Waals surface area contributed by atoms with Crippen LogP contribution in [0.4, 0.5) is 0 Å². The summed E-state index contributed by atoms with van der Waals surface area (Å²) in [4.78, 5) is 18.5. The van der Waals surface area contributed by atoms with Crippen molar-refractivity contribution in [2.24, 2.45) is 0 Å². The molecule has 0 saturated carbocycles. The Kier molecular flexibility index (Phi) is 5.60. The van der Waals surface area contributed by atoms with Crippen molar-refractivity contribution in [3.05, 3.63) is 77.3 Å². The number of rotatable bonds is 6. The van der Waals surface area contributed by atoms with Crippen LogP contribution in [0.25, 0.3) is 21.0 Å². The van der Waals surface area contributed by atoms with Crippen LogP contribution in [0.3, 0.4) is 0 Å². The number of para-hydroxylation sites is 1. The summed E-state index contributed by atoms with van der Waals surface area (Å²) in [5.74, 6) is 0.0520. The lowest BCUT2D eigenvalue weighted by molar-refractivity contribution is -0.902. The molecular weight excluding hydrogens is 378 g/mol. The number of thiazole rings is 1. The number of carbonyl (C=O) groups is 1. The van der Waals surface area contributed by atoms with Gasteiger partial charge >= 0.3 is 0 Å². The molecule has 3 aromatic carbocycles. The third kappa shape index (κ3) is 4.31. The van der Waals surface area contributed by atoms with Crippen LogP contribution in [-0.2, 0) is 4.79 Å². The summed E-state index contributed by atoms with van der Waals surface area (Å²) in [7, 11) is 2.05. The van der Waals surface area contributed by atoms with Crippen molar-refractivity contribution >= 4 is 38.2 Å². The molecule has 1 amide bonds. The summed E-state index contributed by atoms with van der Waals surface area (Å²) < 4.78 is 1.19. The molecule has 0 radical (unpaired) electrons. The Labute approximate surface area is 175 Å². The van der Waals surface area contributed by atoms with E-state index in [0.29, 0.717) is 6.54 Å². The van der Waals surface area contributed by atoms with E-state index in [9.17, 15) is 4.79 Å².